The molecule has 3 aromatic rings. The first-order valence-electron chi connectivity index (χ1n) is 5.61. The van der Waals surface area contributed by atoms with Crippen molar-refractivity contribution in [2.45, 2.75) is 0 Å². The summed E-state index contributed by atoms with van der Waals surface area (Å²) in [5.74, 6) is 0.833. The number of non-ortho nitro benzene ring substituents is 1. The quantitative estimate of drug-likeness (QED) is 0.486. The largest absolute Gasteiger partial charge is 0.383 e. The Kier molecular flexibility index (Phi) is 2.64. The lowest BCUT2D eigenvalue weighted by atomic mass is 10.2. The van der Waals surface area contributed by atoms with Gasteiger partial charge >= 0.3 is 0 Å². The summed E-state index contributed by atoms with van der Waals surface area (Å²) in [6.07, 6.45) is 1.33. The van der Waals surface area contributed by atoms with Gasteiger partial charge in [-0.25, -0.2) is 9.97 Å². The number of nitrogen functional groups attached to an aromatic ring is 1. The van der Waals surface area contributed by atoms with Gasteiger partial charge in [0.15, 0.2) is 5.65 Å². The van der Waals surface area contributed by atoms with Crippen LogP contribution in [0.15, 0.2) is 30.6 Å². The lowest BCUT2D eigenvalue weighted by molar-refractivity contribution is -0.384. The number of aromatic nitrogens is 4. The molecule has 2 heterocycles. The van der Waals surface area contributed by atoms with E-state index in [1.807, 2.05) is 0 Å². The number of anilines is 3. The molecule has 0 saturated heterocycles. The molecule has 0 fully saturated rings. The van der Waals surface area contributed by atoms with Crippen molar-refractivity contribution in [2.75, 3.05) is 11.1 Å². The zero-order valence-electron chi connectivity index (χ0n) is 10.1. The molecule has 100 valence electrons. The monoisotopic (exact) mass is 271 g/mol. The summed E-state index contributed by atoms with van der Waals surface area (Å²) in [4.78, 5) is 18.0. The maximum Gasteiger partial charge on any atom is 0.269 e. The molecule has 0 aliphatic carbocycles. The van der Waals surface area contributed by atoms with Crippen LogP contribution in [0.4, 0.5) is 23.0 Å². The molecular weight excluding hydrogens is 262 g/mol. The van der Waals surface area contributed by atoms with Crippen LogP contribution < -0.4 is 11.1 Å². The highest BCUT2D eigenvalue weighted by Crippen LogP contribution is 2.26. The number of rotatable bonds is 3. The average molecular weight is 271 g/mol. The summed E-state index contributed by atoms with van der Waals surface area (Å²) >= 11 is 0. The molecule has 0 spiro atoms. The molecule has 0 aliphatic heterocycles. The minimum absolute atomic E-state index is 0.0212. The average Bonchev–Trinajstić information content (AvgIpc) is 2.84. The molecule has 3 rings (SSSR count). The third-order valence-corrected chi connectivity index (χ3v) is 2.73. The zero-order chi connectivity index (χ0) is 14.1. The van der Waals surface area contributed by atoms with E-state index in [1.165, 1.54) is 18.5 Å². The van der Waals surface area contributed by atoms with Gasteiger partial charge in [0.2, 0.25) is 0 Å². The molecule has 0 radical (unpaired) electrons. The summed E-state index contributed by atoms with van der Waals surface area (Å²) in [7, 11) is 0. The lowest BCUT2D eigenvalue weighted by Crippen LogP contribution is -1.96. The van der Waals surface area contributed by atoms with Crippen LogP contribution in [0.3, 0.4) is 0 Å². The van der Waals surface area contributed by atoms with E-state index in [-0.39, 0.29) is 5.69 Å². The van der Waals surface area contributed by atoms with E-state index in [0.717, 1.165) is 0 Å². The lowest BCUT2D eigenvalue weighted by Gasteiger charge is -2.04. The van der Waals surface area contributed by atoms with Crippen molar-refractivity contribution in [3.63, 3.8) is 0 Å². The second-order valence-corrected chi connectivity index (χ2v) is 3.99. The minimum Gasteiger partial charge on any atom is -0.383 e. The predicted molar refractivity (Wildman–Crippen MR) is 72.5 cm³/mol. The number of H-pyrrole nitrogens is 1. The highest BCUT2D eigenvalue weighted by atomic mass is 16.6. The second kappa shape index (κ2) is 4.46. The maximum atomic E-state index is 10.6. The van der Waals surface area contributed by atoms with Crippen LogP contribution in [0.5, 0.6) is 0 Å². The van der Waals surface area contributed by atoms with E-state index in [1.54, 1.807) is 12.1 Å². The topological polar surface area (TPSA) is 136 Å². The van der Waals surface area contributed by atoms with Gasteiger partial charge < -0.3 is 11.1 Å². The van der Waals surface area contributed by atoms with E-state index < -0.39 is 4.92 Å². The fourth-order valence-corrected chi connectivity index (χ4v) is 1.78. The molecule has 1 aromatic carbocycles. The van der Waals surface area contributed by atoms with Crippen molar-refractivity contribution >= 4 is 34.0 Å². The number of nitro groups is 1. The first-order valence-corrected chi connectivity index (χ1v) is 5.61. The van der Waals surface area contributed by atoms with Gasteiger partial charge in [-0.2, -0.15) is 5.10 Å². The van der Waals surface area contributed by atoms with Crippen molar-refractivity contribution in [3.8, 4) is 0 Å². The third kappa shape index (κ3) is 1.96. The summed E-state index contributed by atoms with van der Waals surface area (Å²) in [5, 5.41) is 21.0. The highest BCUT2D eigenvalue weighted by Gasteiger charge is 2.11. The van der Waals surface area contributed by atoms with Gasteiger partial charge in [-0.15, -0.1) is 0 Å². The molecule has 0 amide bonds. The number of nitro benzene ring substituents is 1. The van der Waals surface area contributed by atoms with Gasteiger partial charge in [0.05, 0.1) is 4.92 Å². The van der Waals surface area contributed by atoms with Crippen LogP contribution in [0.2, 0.25) is 0 Å². The molecule has 0 atom stereocenters. The van der Waals surface area contributed by atoms with E-state index in [9.17, 15) is 10.1 Å². The van der Waals surface area contributed by atoms with Crippen molar-refractivity contribution in [1.29, 1.82) is 0 Å². The number of nitrogens with zero attached hydrogens (tertiary/aromatic N) is 4. The van der Waals surface area contributed by atoms with Gasteiger partial charge in [-0.1, -0.05) is 0 Å². The van der Waals surface area contributed by atoms with Crippen molar-refractivity contribution in [3.05, 3.63) is 40.7 Å². The predicted octanol–water partition coefficient (Wildman–Crippen LogP) is 1.59. The summed E-state index contributed by atoms with van der Waals surface area (Å²) in [6, 6.07) is 5.98. The van der Waals surface area contributed by atoms with E-state index in [2.05, 4.69) is 25.5 Å². The minimum atomic E-state index is -0.457. The van der Waals surface area contributed by atoms with Crippen LogP contribution in [-0.4, -0.2) is 25.1 Å². The Morgan fingerprint density at radius 2 is 2.00 bits per heavy atom. The molecule has 4 N–H and O–H groups in total. The van der Waals surface area contributed by atoms with E-state index in [4.69, 9.17) is 5.73 Å². The summed E-state index contributed by atoms with van der Waals surface area (Å²) in [6.45, 7) is 0. The smallest absolute Gasteiger partial charge is 0.269 e. The number of hydrogen-bond acceptors (Lipinski definition) is 7. The molecule has 0 saturated carbocycles. The van der Waals surface area contributed by atoms with Crippen LogP contribution >= 0.6 is 0 Å². The van der Waals surface area contributed by atoms with E-state index in [0.29, 0.717) is 28.4 Å². The Hall–Kier alpha value is -3.23. The number of nitrogens with one attached hydrogen (secondary N) is 2. The Labute approximate surface area is 112 Å². The zero-order valence-corrected chi connectivity index (χ0v) is 10.1. The summed E-state index contributed by atoms with van der Waals surface area (Å²) < 4.78 is 0. The Bertz CT molecular complexity index is 781. The molecule has 0 bridgehead atoms. The van der Waals surface area contributed by atoms with Crippen molar-refractivity contribution in [2.24, 2.45) is 0 Å². The van der Waals surface area contributed by atoms with Crippen LogP contribution in [0.1, 0.15) is 0 Å². The van der Waals surface area contributed by atoms with Crippen molar-refractivity contribution in [1.82, 2.24) is 20.2 Å². The number of fused-ring (bicyclic) bond motifs is 1. The van der Waals surface area contributed by atoms with Gasteiger partial charge in [0.25, 0.3) is 5.69 Å². The van der Waals surface area contributed by atoms with Gasteiger partial charge in [0.1, 0.15) is 23.3 Å². The Morgan fingerprint density at radius 3 is 2.70 bits per heavy atom. The first-order chi connectivity index (χ1) is 9.65. The number of aromatic amines is 1. The SMILES string of the molecule is Nc1ncnc2n[nH]c(Nc3ccc([N+](=O)[O-])cc3)c12. The second-order valence-electron chi connectivity index (χ2n) is 3.99. The fourth-order valence-electron chi connectivity index (χ4n) is 1.78. The standard InChI is InChI=1S/C11H9N7O2/c12-9-8-10(14-5-13-9)16-17-11(8)15-6-1-3-7(4-2-6)18(19)20/h1-5H,(H4,12,13,14,15,16,17). The maximum absolute atomic E-state index is 10.6. The number of benzene rings is 1. The van der Waals surface area contributed by atoms with Gasteiger partial charge in [0, 0.05) is 17.8 Å². The first kappa shape index (κ1) is 11.8. The number of hydrogen-bond donors (Lipinski definition) is 3. The van der Waals surface area contributed by atoms with Crippen LogP contribution in [-0.2, 0) is 0 Å². The van der Waals surface area contributed by atoms with Crippen molar-refractivity contribution < 1.29 is 4.92 Å². The molecule has 0 unspecified atom stereocenters. The highest BCUT2D eigenvalue weighted by molar-refractivity contribution is 5.96. The Balaban J connectivity index is 1.95. The van der Waals surface area contributed by atoms with E-state index >= 15 is 0 Å². The van der Waals surface area contributed by atoms with Crippen LogP contribution in [0, 0.1) is 10.1 Å². The van der Waals surface area contributed by atoms with Gasteiger partial charge in [-0.3, -0.25) is 15.2 Å². The third-order valence-electron chi connectivity index (χ3n) is 2.73. The van der Waals surface area contributed by atoms with Crippen LogP contribution in [0.25, 0.3) is 11.0 Å². The molecule has 9 nitrogen and oxygen atoms in total. The number of nitrogens with two attached hydrogens (primary N) is 1. The molecule has 9 heteroatoms. The molecule has 0 aliphatic rings. The normalized spacial score (nSPS) is 10.6. The molecule has 20 heavy (non-hydrogen) atoms. The molecular formula is C11H9N7O2. The Morgan fingerprint density at radius 1 is 1.25 bits per heavy atom. The van der Waals surface area contributed by atoms with Gasteiger partial charge in [-0.05, 0) is 12.1 Å². The molecule has 2 aromatic heterocycles. The summed E-state index contributed by atoms with van der Waals surface area (Å²) in [5.41, 5.74) is 6.90. The fraction of sp³-hybridized carbons (Fsp3) is 0.